The number of halogens is 1. The minimum atomic E-state index is 0. The molecule has 0 aromatic heterocycles. The summed E-state index contributed by atoms with van der Waals surface area (Å²) in [5.74, 6) is 1.01. The van der Waals surface area contributed by atoms with E-state index >= 15 is 0 Å². The standard InChI is InChI=1S/C23H30N4O.HI/c1-24-23(26-18-22(28)27-15-9-4-10-16-27)25-17-21(19-11-5-2-6-12-19)20-13-7-3-8-14-20;/h2-3,5-8,11-14,21H,4,9-10,15-18H2,1H3,(H2,24,25,26);1H. The molecule has 1 aliphatic rings. The normalized spacial score (nSPS) is 14.3. The van der Waals surface area contributed by atoms with E-state index in [0.717, 1.165) is 25.9 Å². The van der Waals surface area contributed by atoms with Crippen LogP contribution in [0.15, 0.2) is 65.7 Å². The molecule has 2 N–H and O–H groups in total. The summed E-state index contributed by atoms with van der Waals surface area (Å²) in [4.78, 5) is 18.6. The zero-order valence-corrected chi connectivity index (χ0v) is 19.3. The van der Waals surface area contributed by atoms with Gasteiger partial charge in [0.2, 0.25) is 5.91 Å². The van der Waals surface area contributed by atoms with Crippen LogP contribution in [0.3, 0.4) is 0 Å². The topological polar surface area (TPSA) is 56.7 Å². The molecule has 0 saturated carbocycles. The van der Waals surface area contributed by atoms with E-state index in [0.29, 0.717) is 12.5 Å². The van der Waals surface area contributed by atoms with Crippen LogP contribution in [0.5, 0.6) is 0 Å². The van der Waals surface area contributed by atoms with Crippen LogP contribution in [0.1, 0.15) is 36.3 Å². The number of likely N-dealkylation sites (tertiary alicyclic amines) is 1. The molecular formula is C23H31IN4O. The second-order valence-corrected chi connectivity index (χ2v) is 7.12. The summed E-state index contributed by atoms with van der Waals surface area (Å²) < 4.78 is 0. The van der Waals surface area contributed by atoms with Crippen LogP contribution in [-0.4, -0.2) is 50.0 Å². The van der Waals surface area contributed by atoms with E-state index in [9.17, 15) is 4.79 Å². The van der Waals surface area contributed by atoms with E-state index in [1.807, 2.05) is 17.0 Å². The maximum atomic E-state index is 12.4. The number of hydrogen-bond acceptors (Lipinski definition) is 2. The van der Waals surface area contributed by atoms with Gasteiger partial charge in [0.05, 0.1) is 6.54 Å². The van der Waals surface area contributed by atoms with Crippen LogP contribution in [0.4, 0.5) is 0 Å². The highest BCUT2D eigenvalue weighted by Gasteiger charge is 2.17. The quantitative estimate of drug-likeness (QED) is 0.358. The van der Waals surface area contributed by atoms with Crippen LogP contribution >= 0.6 is 24.0 Å². The minimum Gasteiger partial charge on any atom is -0.355 e. The smallest absolute Gasteiger partial charge is 0.241 e. The van der Waals surface area contributed by atoms with Crippen molar-refractivity contribution in [1.29, 1.82) is 0 Å². The first kappa shape index (κ1) is 23.2. The van der Waals surface area contributed by atoms with Crippen LogP contribution in [-0.2, 0) is 4.79 Å². The third kappa shape index (κ3) is 7.03. The lowest BCUT2D eigenvalue weighted by molar-refractivity contribution is -0.130. The Kier molecular flexibility index (Phi) is 9.97. The van der Waals surface area contributed by atoms with Crippen molar-refractivity contribution in [2.24, 2.45) is 4.99 Å². The fourth-order valence-corrected chi connectivity index (χ4v) is 3.63. The second-order valence-electron chi connectivity index (χ2n) is 7.12. The van der Waals surface area contributed by atoms with Gasteiger partial charge in [-0.25, -0.2) is 0 Å². The number of carbonyl (C=O) groups excluding carboxylic acids is 1. The maximum absolute atomic E-state index is 12.4. The number of hydrogen-bond donors (Lipinski definition) is 2. The van der Waals surface area contributed by atoms with Gasteiger partial charge in [-0.1, -0.05) is 60.7 Å². The Hall–Kier alpha value is -2.09. The molecular weight excluding hydrogens is 475 g/mol. The lowest BCUT2D eigenvalue weighted by Crippen LogP contribution is -2.46. The molecule has 1 amide bonds. The Morgan fingerprint density at radius 3 is 2.00 bits per heavy atom. The Balaban J connectivity index is 0.00000300. The van der Waals surface area contributed by atoms with Crippen LogP contribution in [0.25, 0.3) is 0 Å². The molecule has 5 nitrogen and oxygen atoms in total. The van der Waals surface area contributed by atoms with Crippen molar-refractivity contribution in [1.82, 2.24) is 15.5 Å². The van der Waals surface area contributed by atoms with Gasteiger partial charge in [0.15, 0.2) is 5.96 Å². The van der Waals surface area contributed by atoms with Crippen molar-refractivity contribution in [2.45, 2.75) is 25.2 Å². The summed E-state index contributed by atoms with van der Waals surface area (Å²) in [6, 6.07) is 20.9. The Morgan fingerprint density at radius 2 is 1.48 bits per heavy atom. The lowest BCUT2D eigenvalue weighted by Gasteiger charge is -2.27. The van der Waals surface area contributed by atoms with Gasteiger partial charge in [-0.2, -0.15) is 0 Å². The Morgan fingerprint density at radius 1 is 0.931 bits per heavy atom. The first-order chi connectivity index (χ1) is 13.8. The third-order valence-corrected chi connectivity index (χ3v) is 5.22. The predicted octanol–water partition coefficient (Wildman–Crippen LogP) is 3.61. The number of nitrogens with zero attached hydrogens (tertiary/aromatic N) is 2. The predicted molar refractivity (Wildman–Crippen MR) is 130 cm³/mol. The van der Waals surface area contributed by atoms with E-state index in [1.54, 1.807) is 7.05 Å². The van der Waals surface area contributed by atoms with Gasteiger partial charge < -0.3 is 15.5 Å². The minimum absolute atomic E-state index is 0. The number of nitrogens with one attached hydrogen (secondary N) is 2. The lowest BCUT2D eigenvalue weighted by atomic mass is 9.91. The van der Waals surface area contributed by atoms with Crippen molar-refractivity contribution >= 4 is 35.8 Å². The molecule has 3 rings (SSSR count). The molecule has 6 heteroatoms. The zero-order valence-electron chi connectivity index (χ0n) is 17.0. The number of amides is 1. The molecule has 0 unspecified atom stereocenters. The number of rotatable bonds is 6. The molecule has 1 aliphatic heterocycles. The second kappa shape index (κ2) is 12.5. The van der Waals surface area contributed by atoms with Crippen LogP contribution in [0, 0.1) is 0 Å². The molecule has 2 aromatic carbocycles. The number of guanidine groups is 1. The number of carbonyl (C=O) groups is 1. The Labute approximate surface area is 191 Å². The summed E-state index contributed by atoms with van der Waals surface area (Å²) in [5.41, 5.74) is 2.50. The summed E-state index contributed by atoms with van der Waals surface area (Å²) in [7, 11) is 1.74. The van der Waals surface area contributed by atoms with E-state index < -0.39 is 0 Å². The zero-order chi connectivity index (χ0) is 19.6. The Bertz CT molecular complexity index is 721. The van der Waals surface area contributed by atoms with Gasteiger partial charge in [-0.15, -0.1) is 24.0 Å². The van der Waals surface area contributed by atoms with Crippen molar-refractivity contribution < 1.29 is 4.79 Å². The summed E-state index contributed by atoms with van der Waals surface area (Å²) in [6.07, 6.45) is 3.43. The summed E-state index contributed by atoms with van der Waals surface area (Å²) in [6.45, 7) is 2.72. The molecule has 0 atom stereocenters. The van der Waals surface area contributed by atoms with Gasteiger partial charge in [0, 0.05) is 32.6 Å². The first-order valence-electron chi connectivity index (χ1n) is 10.1. The van der Waals surface area contributed by atoms with Crippen molar-refractivity contribution in [3.8, 4) is 0 Å². The highest BCUT2D eigenvalue weighted by Crippen LogP contribution is 2.23. The molecule has 0 bridgehead atoms. The molecule has 0 radical (unpaired) electrons. The fraction of sp³-hybridized carbons (Fsp3) is 0.391. The summed E-state index contributed by atoms with van der Waals surface area (Å²) in [5, 5.41) is 6.57. The average Bonchev–Trinajstić information content (AvgIpc) is 2.78. The molecule has 1 heterocycles. The number of benzene rings is 2. The van der Waals surface area contributed by atoms with Gasteiger partial charge in [0.25, 0.3) is 0 Å². The van der Waals surface area contributed by atoms with Crippen molar-refractivity contribution in [3.63, 3.8) is 0 Å². The summed E-state index contributed by atoms with van der Waals surface area (Å²) >= 11 is 0. The molecule has 1 saturated heterocycles. The fourth-order valence-electron chi connectivity index (χ4n) is 3.63. The molecule has 0 aliphatic carbocycles. The van der Waals surface area contributed by atoms with Crippen molar-refractivity contribution in [2.75, 3.05) is 33.2 Å². The van der Waals surface area contributed by atoms with E-state index in [2.05, 4.69) is 64.2 Å². The van der Waals surface area contributed by atoms with E-state index in [4.69, 9.17) is 0 Å². The van der Waals surface area contributed by atoms with Gasteiger partial charge in [-0.05, 0) is 30.4 Å². The van der Waals surface area contributed by atoms with Gasteiger partial charge in [-0.3, -0.25) is 9.79 Å². The first-order valence-corrected chi connectivity index (χ1v) is 10.1. The molecule has 2 aromatic rings. The highest BCUT2D eigenvalue weighted by atomic mass is 127. The number of piperidine rings is 1. The number of aliphatic imine (C=N–C) groups is 1. The molecule has 0 spiro atoms. The van der Waals surface area contributed by atoms with Gasteiger partial charge in [0.1, 0.15) is 0 Å². The van der Waals surface area contributed by atoms with Crippen molar-refractivity contribution in [3.05, 3.63) is 71.8 Å². The molecule has 29 heavy (non-hydrogen) atoms. The van der Waals surface area contributed by atoms with Gasteiger partial charge >= 0.3 is 0 Å². The largest absolute Gasteiger partial charge is 0.355 e. The molecule has 1 fully saturated rings. The average molecular weight is 506 g/mol. The van der Waals surface area contributed by atoms with Crippen LogP contribution < -0.4 is 10.6 Å². The maximum Gasteiger partial charge on any atom is 0.241 e. The SMILES string of the molecule is CN=C(NCC(=O)N1CCCCC1)NCC(c1ccccc1)c1ccccc1.I. The van der Waals surface area contributed by atoms with E-state index in [1.165, 1.54) is 17.5 Å². The van der Waals surface area contributed by atoms with E-state index in [-0.39, 0.29) is 42.3 Å². The third-order valence-electron chi connectivity index (χ3n) is 5.22. The van der Waals surface area contributed by atoms with Crippen LogP contribution in [0.2, 0.25) is 0 Å². The molecule has 156 valence electrons. The highest BCUT2D eigenvalue weighted by molar-refractivity contribution is 14.0. The monoisotopic (exact) mass is 506 g/mol.